The van der Waals surface area contributed by atoms with E-state index in [9.17, 15) is 0 Å². The van der Waals surface area contributed by atoms with Gasteiger partial charge in [-0.05, 0) is 48.4 Å². The molecule has 0 saturated carbocycles. The maximum absolute atomic E-state index is 6.17. The zero-order valence-electron chi connectivity index (χ0n) is 22.9. The van der Waals surface area contributed by atoms with Gasteiger partial charge in [0.1, 0.15) is 5.82 Å². The summed E-state index contributed by atoms with van der Waals surface area (Å²) in [6, 6.07) is 14.8. The highest BCUT2D eigenvalue weighted by molar-refractivity contribution is 5.99. The average Bonchev–Trinajstić information content (AvgIpc) is 3.35. The van der Waals surface area contributed by atoms with Crippen LogP contribution >= 0.6 is 0 Å². The molecule has 3 aromatic rings. The first kappa shape index (κ1) is 25.7. The lowest BCUT2D eigenvalue weighted by atomic mass is 10.0. The lowest BCUT2D eigenvalue weighted by Gasteiger charge is -2.38. The van der Waals surface area contributed by atoms with Crippen LogP contribution in [0.15, 0.2) is 82.7 Å². The standard InChI is InChI=1S/C30H38N8/c1-6-25(20(2)3)28-33-30(37-16-14-24(31)15-17-37)34-29(36(28)5)32-18-22-11-7-8-13-26(22)38-19-23-12-9-10-21(4)27(23)35-38/h6-13,19-20,24H,1,14-18,31H2,2-5H3,(H,32,33,34)/b28-25+. The second-order valence-electron chi connectivity index (χ2n) is 10.4. The first-order chi connectivity index (χ1) is 18.4. The number of aliphatic imine (C=N–C) groups is 2. The quantitative estimate of drug-likeness (QED) is 0.526. The number of benzene rings is 2. The Hall–Kier alpha value is -3.91. The van der Waals surface area contributed by atoms with Crippen LogP contribution in [0.1, 0.15) is 37.8 Å². The summed E-state index contributed by atoms with van der Waals surface area (Å²) in [6.45, 7) is 12.7. The Morgan fingerprint density at radius 3 is 2.66 bits per heavy atom. The largest absolute Gasteiger partial charge is 0.342 e. The van der Waals surface area contributed by atoms with Gasteiger partial charge >= 0.3 is 0 Å². The fourth-order valence-electron chi connectivity index (χ4n) is 5.10. The maximum Gasteiger partial charge on any atom is 0.229 e. The van der Waals surface area contributed by atoms with Gasteiger partial charge in [-0.1, -0.05) is 62.9 Å². The molecule has 2 aliphatic heterocycles. The van der Waals surface area contributed by atoms with Crippen LogP contribution in [0, 0.1) is 12.8 Å². The van der Waals surface area contributed by atoms with Gasteiger partial charge in [0.2, 0.25) is 11.9 Å². The van der Waals surface area contributed by atoms with Crippen molar-refractivity contribution in [2.24, 2.45) is 21.6 Å². The number of nitrogens with zero attached hydrogens (tertiary/aromatic N) is 6. The zero-order valence-corrected chi connectivity index (χ0v) is 22.9. The molecule has 8 nitrogen and oxygen atoms in total. The molecule has 0 atom stereocenters. The third-order valence-corrected chi connectivity index (χ3v) is 7.39. The molecule has 3 heterocycles. The molecule has 0 unspecified atom stereocenters. The van der Waals surface area contributed by atoms with E-state index in [1.165, 1.54) is 5.56 Å². The minimum atomic E-state index is 0.250. The topological polar surface area (TPSA) is 87.1 Å². The number of hydrogen-bond acceptors (Lipinski definition) is 5. The highest BCUT2D eigenvalue weighted by Gasteiger charge is 2.28. The van der Waals surface area contributed by atoms with Crippen molar-refractivity contribution in [3.63, 3.8) is 0 Å². The SMILES string of the molecule is C=C/C(=C1/NC(N2CCC(N)CC2)=NC(=NCc2ccccc2-n2cc3cccc(C)c3n2)N1C)C(C)C. The maximum atomic E-state index is 6.17. The van der Waals surface area contributed by atoms with Crippen molar-refractivity contribution in [3.8, 4) is 5.69 Å². The molecule has 0 spiro atoms. The van der Waals surface area contributed by atoms with Crippen LogP contribution in [0.25, 0.3) is 16.6 Å². The second kappa shape index (κ2) is 10.8. The summed E-state index contributed by atoms with van der Waals surface area (Å²) in [5, 5.41) is 9.59. The fourth-order valence-corrected chi connectivity index (χ4v) is 5.10. The molecule has 0 amide bonds. The summed E-state index contributed by atoms with van der Waals surface area (Å²) in [4.78, 5) is 14.3. The normalized spacial score (nSPS) is 19.2. The number of fused-ring (bicyclic) bond motifs is 1. The summed E-state index contributed by atoms with van der Waals surface area (Å²) in [7, 11) is 2.01. The number of guanidine groups is 2. The minimum Gasteiger partial charge on any atom is -0.342 e. The van der Waals surface area contributed by atoms with Gasteiger partial charge in [0, 0.05) is 37.8 Å². The Morgan fingerprint density at radius 1 is 1.18 bits per heavy atom. The van der Waals surface area contributed by atoms with E-state index in [1.54, 1.807) is 0 Å². The smallest absolute Gasteiger partial charge is 0.229 e. The summed E-state index contributed by atoms with van der Waals surface area (Å²) < 4.78 is 1.96. The number of para-hydroxylation sites is 1. The van der Waals surface area contributed by atoms with Crippen molar-refractivity contribution in [2.45, 2.75) is 46.2 Å². The van der Waals surface area contributed by atoms with Crippen LogP contribution in [-0.2, 0) is 6.54 Å². The number of likely N-dealkylation sites (tertiary alicyclic amines) is 1. The molecule has 0 aliphatic carbocycles. The molecule has 2 aliphatic rings. The molecule has 198 valence electrons. The number of hydrogen-bond donors (Lipinski definition) is 2. The molecule has 8 heteroatoms. The Bertz CT molecular complexity index is 1420. The molecule has 1 fully saturated rings. The summed E-state index contributed by atoms with van der Waals surface area (Å²) >= 11 is 0. The van der Waals surface area contributed by atoms with Crippen LogP contribution in [0.3, 0.4) is 0 Å². The first-order valence-electron chi connectivity index (χ1n) is 13.4. The van der Waals surface area contributed by atoms with Crippen molar-refractivity contribution in [2.75, 3.05) is 20.1 Å². The predicted molar refractivity (Wildman–Crippen MR) is 156 cm³/mol. The van der Waals surface area contributed by atoms with Crippen LogP contribution in [0.4, 0.5) is 0 Å². The predicted octanol–water partition coefficient (Wildman–Crippen LogP) is 4.56. The fraction of sp³-hybridized carbons (Fsp3) is 0.367. The van der Waals surface area contributed by atoms with E-state index in [0.717, 1.165) is 65.4 Å². The van der Waals surface area contributed by atoms with Crippen LogP contribution < -0.4 is 11.1 Å². The number of nitrogens with one attached hydrogen (secondary N) is 1. The van der Waals surface area contributed by atoms with E-state index in [1.807, 2.05) is 34.8 Å². The van der Waals surface area contributed by atoms with Crippen LogP contribution in [0.5, 0.6) is 0 Å². The van der Waals surface area contributed by atoms with Crippen molar-refractivity contribution in [1.29, 1.82) is 0 Å². The second-order valence-corrected chi connectivity index (χ2v) is 10.4. The van der Waals surface area contributed by atoms with Gasteiger partial charge in [-0.25, -0.2) is 9.67 Å². The van der Waals surface area contributed by atoms with Crippen LogP contribution in [-0.4, -0.2) is 57.7 Å². The van der Waals surface area contributed by atoms with E-state index in [2.05, 4.69) is 74.1 Å². The monoisotopic (exact) mass is 510 g/mol. The highest BCUT2D eigenvalue weighted by Crippen LogP contribution is 2.24. The number of aryl methyl sites for hydroxylation is 1. The van der Waals surface area contributed by atoms with E-state index < -0.39 is 0 Å². The number of rotatable bonds is 5. The van der Waals surface area contributed by atoms with Crippen molar-refractivity contribution < 1.29 is 0 Å². The van der Waals surface area contributed by atoms with E-state index in [-0.39, 0.29) is 6.04 Å². The molecule has 0 radical (unpaired) electrons. The molecule has 0 bridgehead atoms. The highest BCUT2D eigenvalue weighted by atomic mass is 15.4. The molecule has 1 saturated heterocycles. The van der Waals surface area contributed by atoms with Gasteiger partial charge in [0.25, 0.3) is 0 Å². The van der Waals surface area contributed by atoms with Gasteiger partial charge < -0.3 is 16.0 Å². The Balaban J connectivity index is 1.51. The van der Waals surface area contributed by atoms with Crippen LogP contribution in [0.2, 0.25) is 0 Å². The van der Waals surface area contributed by atoms with Gasteiger partial charge in [-0.2, -0.15) is 10.1 Å². The van der Waals surface area contributed by atoms with Gasteiger partial charge in [-0.3, -0.25) is 4.90 Å². The molecule has 5 rings (SSSR count). The number of nitrogens with two attached hydrogens (primary N) is 1. The minimum absolute atomic E-state index is 0.250. The summed E-state index contributed by atoms with van der Waals surface area (Å²) in [5.41, 5.74) is 11.6. The van der Waals surface area contributed by atoms with Crippen molar-refractivity contribution in [1.82, 2.24) is 24.9 Å². The summed E-state index contributed by atoms with van der Waals surface area (Å²) in [6.07, 6.45) is 5.91. The Morgan fingerprint density at radius 2 is 1.95 bits per heavy atom. The zero-order chi connectivity index (χ0) is 26.8. The van der Waals surface area contributed by atoms with Gasteiger partial charge in [0.15, 0.2) is 0 Å². The van der Waals surface area contributed by atoms with Crippen molar-refractivity contribution >= 4 is 22.8 Å². The lowest BCUT2D eigenvalue weighted by molar-refractivity contribution is 0.303. The third kappa shape index (κ3) is 5.09. The molecular formula is C30H38N8. The van der Waals surface area contributed by atoms with Gasteiger partial charge in [0.05, 0.1) is 17.7 Å². The van der Waals surface area contributed by atoms with Gasteiger partial charge in [-0.15, -0.1) is 0 Å². The van der Waals surface area contributed by atoms with Crippen molar-refractivity contribution in [3.05, 3.63) is 83.8 Å². The average molecular weight is 511 g/mol. The summed E-state index contributed by atoms with van der Waals surface area (Å²) in [5.74, 6) is 2.76. The first-order valence-corrected chi connectivity index (χ1v) is 13.4. The molecule has 3 N–H and O–H groups in total. The number of piperidine rings is 1. The Kier molecular flexibility index (Phi) is 7.33. The molecule has 1 aromatic heterocycles. The molecule has 38 heavy (non-hydrogen) atoms. The van der Waals surface area contributed by atoms with E-state index in [0.29, 0.717) is 18.4 Å². The Labute approximate surface area is 225 Å². The van der Waals surface area contributed by atoms with E-state index in [4.69, 9.17) is 20.8 Å². The lowest BCUT2D eigenvalue weighted by Crippen LogP contribution is -2.53. The van der Waals surface area contributed by atoms with E-state index >= 15 is 0 Å². The molecule has 2 aromatic carbocycles. The number of allylic oxidation sites excluding steroid dienone is 2. The molecular weight excluding hydrogens is 472 g/mol. The third-order valence-electron chi connectivity index (χ3n) is 7.39. The number of aromatic nitrogens is 2.